The van der Waals surface area contributed by atoms with Crippen LogP contribution in [0.5, 0.6) is 0 Å². The summed E-state index contributed by atoms with van der Waals surface area (Å²) in [6, 6.07) is 0. The molecule has 1 unspecified atom stereocenters. The zero-order valence-electron chi connectivity index (χ0n) is 32.2. The normalized spacial score (nSPS) is 17.1. The molecule has 1 heterocycles. The van der Waals surface area contributed by atoms with Crippen LogP contribution in [-0.4, -0.2) is 44.0 Å². The van der Waals surface area contributed by atoms with E-state index in [0.29, 0.717) is 6.10 Å². The highest BCUT2D eigenvalue weighted by molar-refractivity contribution is 4.93. The number of rotatable bonds is 33. The molecule has 274 valence electrons. The molecule has 47 heavy (non-hydrogen) atoms. The van der Waals surface area contributed by atoms with E-state index in [2.05, 4.69) is 81.5 Å². The molecule has 1 aliphatic heterocycles. The molecule has 1 aliphatic rings. The van der Waals surface area contributed by atoms with Crippen LogP contribution < -0.4 is 0 Å². The van der Waals surface area contributed by atoms with Crippen LogP contribution in [0.1, 0.15) is 194 Å². The summed E-state index contributed by atoms with van der Waals surface area (Å²) >= 11 is 0. The largest absolute Gasteiger partial charge is 0.350 e. The number of nitrogens with zero attached hydrogens (tertiary/aromatic N) is 1. The van der Waals surface area contributed by atoms with E-state index in [-0.39, 0.29) is 5.79 Å². The Morgan fingerprint density at radius 3 is 1.36 bits per heavy atom. The summed E-state index contributed by atoms with van der Waals surface area (Å²) in [5, 5.41) is 0. The van der Waals surface area contributed by atoms with Gasteiger partial charge in [0.1, 0.15) is 0 Å². The molecule has 1 fully saturated rings. The van der Waals surface area contributed by atoms with Crippen molar-refractivity contribution < 1.29 is 9.47 Å². The van der Waals surface area contributed by atoms with Gasteiger partial charge in [0.25, 0.3) is 0 Å². The van der Waals surface area contributed by atoms with Gasteiger partial charge >= 0.3 is 0 Å². The molecule has 0 radical (unpaired) electrons. The molecule has 0 amide bonds. The predicted molar refractivity (Wildman–Crippen MR) is 209 cm³/mol. The molecule has 0 aromatic carbocycles. The van der Waals surface area contributed by atoms with E-state index >= 15 is 0 Å². The fourth-order valence-electron chi connectivity index (χ4n) is 6.53. The van der Waals surface area contributed by atoms with Gasteiger partial charge in [0, 0.05) is 12.8 Å². The van der Waals surface area contributed by atoms with Crippen molar-refractivity contribution in [1.29, 1.82) is 0 Å². The van der Waals surface area contributed by atoms with Crippen LogP contribution in [0.2, 0.25) is 0 Å². The highest BCUT2D eigenvalue weighted by atomic mass is 16.7. The van der Waals surface area contributed by atoms with Crippen molar-refractivity contribution >= 4 is 0 Å². The number of unbranched alkanes of at least 4 members (excludes halogenated alkanes) is 18. The first-order valence-corrected chi connectivity index (χ1v) is 20.7. The summed E-state index contributed by atoms with van der Waals surface area (Å²) in [5.41, 5.74) is 0. The summed E-state index contributed by atoms with van der Waals surface area (Å²) in [5.74, 6) is -0.334. The van der Waals surface area contributed by atoms with Crippen LogP contribution in [-0.2, 0) is 9.47 Å². The molecule has 1 saturated heterocycles. The second kappa shape index (κ2) is 33.3. The third kappa shape index (κ3) is 28.4. The highest BCUT2D eigenvalue weighted by Crippen LogP contribution is 2.35. The lowest BCUT2D eigenvalue weighted by Crippen LogP contribution is -2.45. The molecule has 0 bridgehead atoms. The first-order chi connectivity index (χ1) is 23.1. The van der Waals surface area contributed by atoms with Gasteiger partial charge in [-0.3, -0.25) is 0 Å². The van der Waals surface area contributed by atoms with E-state index in [1.807, 2.05) is 0 Å². The van der Waals surface area contributed by atoms with Gasteiger partial charge in [0.05, 0.1) is 12.7 Å². The van der Waals surface area contributed by atoms with E-state index < -0.39 is 0 Å². The van der Waals surface area contributed by atoms with Gasteiger partial charge < -0.3 is 14.4 Å². The average molecular weight is 656 g/mol. The molecule has 0 saturated carbocycles. The molecule has 0 N–H and O–H groups in total. The monoisotopic (exact) mass is 656 g/mol. The Morgan fingerprint density at radius 1 is 0.532 bits per heavy atom. The van der Waals surface area contributed by atoms with Crippen molar-refractivity contribution in [3.05, 3.63) is 48.6 Å². The van der Waals surface area contributed by atoms with Crippen molar-refractivity contribution in [2.75, 3.05) is 27.2 Å². The van der Waals surface area contributed by atoms with Crippen LogP contribution >= 0.6 is 0 Å². The van der Waals surface area contributed by atoms with Crippen molar-refractivity contribution in [2.24, 2.45) is 0 Å². The van der Waals surface area contributed by atoms with Crippen LogP contribution in [0.4, 0.5) is 0 Å². The predicted octanol–water partition coefficient (Wildman–Crippen LogP) is 13.8. The Balaban J connectivity index is 2.22. The molecular formula is C44H81NO2. The third-order valence-electron chi connectivity index (χ3n) is 9.60. The number of hydrogen-bond donors (Lipinski definition) is 0. The van der Waals surface area contributed by atoms with Crippen molar-refractivity contribution in [3.63, 3.8) is 0 Å². The van der Waals surface area contributed by atoms with E-state index in [1.165, 1.54) is 141 Å². The fourth-order valence-corrected chi connectivity index (χ4v) is 6.53. The maximum absolute atomic E-state index is 6.80. The fraction of sp³-hybridized carbons (Fsp3) is 0.818. The molecule has 3 nitrogen and oxygen atoms in total. The van der Waals surface area contributed by atoms with E-state index in [0.717, 1.165) is 51.7 Å². The van der Waals surface area contributed by atoms with Gasteiger partial charge in [-0.05, 0) is 111 Å². The Morgan fingerprint density at radius 2 is 0.936 bits per heavy atom. The average Bonchev–Trinajstić information content (AvgIpc) is 3.07. The lowest BCUT2D eigenvalue weighted by atomic mass is 9.97. The van der Waals surface area contributed by atoms with Gasteiger partial charge in [0.15, 0.2) is 5.79 Å². The van der Waals surface area contributed by atoms with Crippen molar-refractivity contribution in [2.45, 2.75) is 206 Å². The summed E-state index contributed by atoms with van der Waals surface area (Å²) in [6.45, 7) is 6.50. The van der Waals surface area contributed by atoms with Crippen molar-refractivity contribution in [3.8, 4) is 0 Å². The zero-order valence-corrected chi connectivity index (χ0v) is 32.2. The Labute approximate surface area is 295 Å². The smallest absolute Gasteiger partial charge is 0.168 e. The lowest BCUT2D eigenvalue weighted by Gasteiger charge is -2.42. The number of allylic oxidation sites excluding steroid dienone is 8. The minimum atomic E-state index is -0.334. The molecular weight excluding hydrogens is 574 g/mol. The second-order valence-electron chi connectivity index (χ2n) is 14.5. The van der Waals surface area contributed by atoms with Gasteiger partial charge in [-0.1, -0.05) is 140 Å². The minimum Gasteiger partial charge on any atom is -0.350 e. The topological polar surface area (TPSA) is 21.7 Å². The van der Waals surface area contributed by atoms with Crippen LogP contribution in [0.3, 0.4) is 0 Å². The Hall–Kier alpha value is -1.16. The van der Waals surface area contributed by atoms with Gasteiger partial charge in [-0.25, -0.2) is 0 Å². The van der Waals surface area contributed by atoms with Crippen LogP contribution in [0.25, 0.3) is 0 Å². The third-order valence-corrected chi connectivity index (χ3v) is 9.60. The summed E-state index contributed by atoms with van der Waals surface area (Å²) in [6.07, 6.45) is 54.5. The number of hydrogen-bond acceptors (Lipinski definition) is 3. The molecule has 3 heteroatoms. The molecule has 0 spiro atoms. The van der Waals surface area contributed by atoms with E-state index in [9.17, 15) is 0 Å². The van der Waals surface area contributed by atoms with Crippen LogP contribution in [0.15, 0.2) is 48.6 Å². The summed E-state index contributed by atoms with van der Waals surface area (Å²) in [7, 11) is 4.33. The first kappa shape index (κ1) is 43.9. The molecule has 0 aromatic heterocycles. The van der Waals surface area contributed by atoms with E-state index in [1.54, 1.807) is 0 Å². The zero-order chi connectivity index (χ0) is 33.9. The maximum atomic E-state index is 6.80. The second-order valence-corrected chi connectivity index (χ2v) is 14.5. The molecule has 0 aliphatic carbocycles. The van der Waals surface area contributed by atoms with Crippen LogP contribution in [0, 0.1) is 0 Å². The standard InChI is InChI=1S/C44H81NO2/c1-5-7-9-11-13-15-17-19-21-23-25-27-29-31-33-35-39-44(46-42-38-43(47-44)37-41-45(3)4)40-36-34-32-30-28-26-24-22-20-18-16-14-12-10-8-6-2/h13-16,19-22,43H,5-12,17-18,23-42H2,1-4H3/b15-13-,16-14-,21-19-,22-20-. The SMILES string of the molecule is CCCCC/C=C\C/C=C\CCCCCCCCC1(CCCCCCCC/C=C\C/C=C\CCCCC)OCCC(CCN(C)C)O1. The number of ether oxygens (including phenoxy) is 2. The molecule has 0 aromatic rings. The summed E-state index contributed by atoms with van der Waals surface area (Å²) in [4.78, 5) is 2.28. The molecule has 1 rings (SSSR count). The Bertz CT molecular complexity index is 719. The van der Waals surface area contributed by atoms with Crippen molar-refractivity contribution in [1.82, 2.24) is 4.90 Å². The first-order valence-electron chi connectivity index (χ1n) is 20.7. The quantitative estimate of drug-likeness (QED) is 0.0519. The Kier molecular flexibility index (Phi) is 31.1. The highest BCUT2D eigenvalue weighted by Gasteiger charge is 2.37. The maximum Gasteiger partial charge on any atom is 0.168 e. The van der Waals surface area contributed by atoms with Gasteiger partial charge in [0.2, 0.25) is 0 Å². The van der Waals surface area contributed by atoms with E-state index in [4.69, 9.17) is 9.47 Å². The van der Waals surface area contributed by atoms with Gasteiger partial charge in [-0.15, -0.1) is 0 Å². The van der Waals surface area contributed by atoms with Gasteiger partial charge in [-0.2, -0.15) is 0 Å². The lowest BCUT2D eigenvalue weighted by molar-refractivity contribution is -0.301. The minimum absolute atomic E-state index is 0.334. The molecule has 1 atom stereocenters. The summed E-state index contributed by atoms with van der Waals surface area (Å²) < 4.78 is 13.3.